The lowest BCUT2D eigenvalue weighted by molar-refractivity contribution is 0.313. The van der Waals surface area contributed by atoms with E-state index >= 15 is 0 Å². The first kappa shape index (κ1) is 21.7. The average molecular weight is 433 g/mol. The van der Waals surface area contributed by atoms with Crippen LogP contribution in [0, 0.1) is 0 Å². The zero-order valence-corrected chi connectivity index (χ0v) is 18.5. The molecule has 0 aliphatic carbocycles. The first-order valence-corrected chi connectivity index (χ1v) is 10.7. The van der Waals surface area contributed by atoms with Gasteiger partial charge in [-0.1, -0.05) is 42.5 Å². The fourth-order valence-electron chi connectivity index (χ4n) is 4.03. The monoisotopic (exact) mass is 432 g/mol. The number of rotatable bonds is 7. The van der Waals surface area contributed by atoms with Crippen molar-refractivity contribution in [2.45, 2.75) is 25.6 Å². The smallest absolute Gasteiger partial charge is 0.162 e. The number of ether oxygens (including phenoxy) is 3. The Morgan fingerprint density at radius 2 is 1.69 bits per heavy atom. The summed E-state index contributed by atoms with van der Waals surface area (Å²) < 4.78 is 16.6. The highest BCUT2D eigenvalue weighted by Gasteiger charge is 2.30. The van der Waals surface area contributed by atoms with Gasteiger partial charge in [-0.15, -0.1) is 0 Å². The molecule has 1 heterocycles. The SMILES string of the molecule is CCOc1cccc([C@H]2CC(c3cccc(OC)c3)=N[C@H](c3ccccc3OC)N2)c1O. The van der Waals surface area contributed by atoms with Gasteiger partial charge < -0.3 is 19.3 Å². The molecule has 4 rings (SSSR count). The Balaban J connectivity index is 1.79. The van der Waals surface area contributed by atoms with E-state index in [1.807, 2.05) is 67.6 Å². The maximum Gasteiger partial charge on any atom is 0.162 e. The van der Waals surface area contributed by atoms with Crippen molar-refractivity contribution in [3.63, 3.8) is 0 Å². The van der Waals surface area contributed by atoms with Crippen LogP contribution in [0.3, 0.4) is 0 Å². The summed E-state index contributed by atoms with van der Waals surface area (Å²) in [6, 6.07) is 21.1. The van der Waals surface area contributed by atoms with Crippen LogP contribution < -0.4 is 19.5 Å². The number of hydrogen-bond donors (Lipinski definition) is 2. The Hall–Kier alpha value is -3.51. The molecule has 0 amide bonds. The van der Waals surface area contributed by atoms with Gasteiger partial charge in [0, 0.05) is 29.3 Å². The maximum absolute atomic E-state index is 10.9. The van der Waals surface area contributed by atoms with Crippen molar-refractivity contribution < 1.29 is 19.3 Å². The van der Waals surface area contributed by atoms with Crippen LogP contribution in [0.5, 0.6) is 23.0 Å². The van der Waals surface area contributed by atoms with Gasteiger partial charge in [-0.05, 0) is 36.8 Å². The summed E-state index contributed by atoms with van der Waals surface area (Å²) in [4.78, 5) is 5.03. The van der Waals surface area contributed by atoms with E-state index in [0.29, 0.717) is 18.8 Å². The van der Waals surface area contributed by atoms with E-state index in [-0.39, 0.29) is 18.0 Å². The molecule has 166 valence electrons. The van der Waals surface area contributed by atoms with E-state index in [1.165, 1.54) is 0 Å². The van der Waals surface area contributed by atoms with E-state index in [4.69, 9.17) is 19.2 Å². The molecule has 1 aliphatic rings. The third-order valence-electron chi connectivity index (χ3n) is 5.58. The predicted molar refractivity (Wildman–Crippen MR) is 125 cm³/mol. The second-order valence-corrected chi connectivity index (χ2v) is 7.50. The van der Waals surface area contributed by atoms with Gasteiger partial charge in [-0.3, -0.25) is 10.3 Å². The second-order valence-electron chi connectivity index (χ2n) is 7.50. The molecule has 0 saturated heterocycles. The van der Waals surface area contributed by atoms with Crippen LogP contribution in [0.15, 0.2) is 71.7 Å². The molecule has 0 radical (unpaired) electrons. The van der Waals surface area contributed by atoms with Crippen molar-refractivity contribution in [2.75, 3.05) is 20.8 Å². The van der Waals surface area contributed by atoms with Crippen molar-refractivity contribution in [1.82, 2.24) is 5.32 Å². The number of phenols is 1. The van der Waals surface area contributed by atoms with E-state index in [2.05, 4.69) is 5.32 Å². The molecule has 6 nitrogen and oxygen atoms in total. The number of nitrogens with one attached hydrogen (secondary N) is 1. The summed E-state index contributed by atoms with van der Waals surface area (Å²) in [5.74, 6) is 2.16. The van der Waals surface area contributed by atoms with Gasteiger partial charge in [0.2, 0.25) is 0 Å². The van der Waals surface area contributed by atoms with Crippen LogP contribution in [0.2, 0.25) is 0 Å². The molecule has 0 unspecified atom stereocenters. The van der Waals surface area contributed by atoms with Crippen LogP contribution >= 0.6 is 0 Å². The quantitative estimate of drug-likeness (QED) is 0.548. The van der Waals surface area contributed by atoms with Gasteiger partial charge in [0.25, 0.3) is 0 Å². The topological polar surface area (TPSA) is 72.3 Å². The summed E-state index contributed by atoms with van der Waals surface area (Å²) in [7, 11) is 3.31. The molecular formula is C26H28N2O4. The van der Waals surface area contributed by atoms with E-state index in [1.54, 1.807) is 20.3 Å². The van der Waals surface area contributed by atoms with Gasteiger partial charge in [0.1, 0.15) is 17.7 Å². The van der Waals surface area contributed by atoms with Crippen molar-refractivity contribution >= 4 is 5.71 Å². The fourth-order valence-corrected chi connectivity index (χ4v) is 4.03. The minimum absolute atomic E-state index is 0.150. The van der Waals surface area contributed by atoms with Gasteiger partial charge >= 0.3 is 0 Å². The molecule has 0 spiro atoms. The molecule has 3 aromatic rings. The summed E-state index contributed by atoms with van der Waals surface area (Å²) in [6.45, 7) is 2.38. The van der Waals surface area contributed by atoms with Crippen LogP contribution in [-0.4, -0.2) is 31.6 Å². The van der Waals surface area contributed by atoms with Gasteiger partial charge in [0.15, 0.2) is 11.5 Å². The number of nitrogens with zero attached hydrogens (tertiary/aromatic N) is 1. The number of benzene rings is 3. The average Bonchev–Trinajstić information content (AvgIpc) is 2.85. The van der Waals surface area contributed by atoms with Crippen LogP contribution in [0.25, 0.3) is 0 Å². The third kappa shape index (κ3) is 4.41. The minimum atomic E-state index is -0.346. The lowest BCUT2D eigenvalue weighted by Gasteiger charge is -2.31. The zero-order chi connectivity index (χ0) is 22.5. The van der Waals surface area contributed by atoms with Gasteiger partial charge in [0.05, 0.1) is 20.8 Å². The summed E-state index contributed by atoms with van der Waals surface area (Å²) in [5, 5.41) is 14.5. The van der Waals surface area contributed by atoms with Gasteiger partial charge in [-0.25, -0.2) is 0 Å². The van der Waals surface area contributed by atoms with Crippen molar-refractivity contribution in [3.8, 4) is 23.0 Å². The molecule has 32 heavy (non-hydrogen) atoms. The number of aliphatic imine (C=N–C) groups is 1. The molecule has 0 saturated carbocycles. The highest BCUT2D eigenvalue weighted by atomic mass is 16.5. The number of aromatic hydroxyl groups is 1. The van der Waals surface area contributed by atoms with Crippen LogP contribution in [0.4, 0.5) is 0 Å². The highest BCUT2D eigenvalue weighted by molar-refractivity contribution is 6.02. The third-order valence-corrected chi connectivity index (χ3v) is 5.58. The fraction of sp³-hybridized carbons (Fsp3) is 0.269. The van der Waals surface area contributed by atoms with E-state index in [0.717, 1.165) is 33.9 Å². The molecule has 0 fully saturated rings. The van der Waals surface area contributed by atoms with Crippen molar-refractivity contribution in [1.29, 1.82) is 0 Å². The lowest BCUT2D eigenvalue weighted by atomic mass is 9.93. The first-order valence-electron chi connectivity index (χ1n) is 10.7. The molecule has 6 heteroatoms. The molecular weight excluding hydrogens is 404 g/mol. The van der Waals surface area contributed by atoms with Crippen LogP contribution in [-0.2, 0) is 0 Å². The molecule has 2 N–H and O–H groups in total. The number of phenolic OH excluding ortho intramolecular Hbond substituents is 1. The van der Waals surface area contributed by atoms with Crippen LogP contribution in [0.1, 0.15) is 42.2 Å². The zero-order valence-electron chi connectivity index (χ0n) is 18.5. The van der Waals surface area contributed by atoms with E-state index in [9.17, 15) is 5.11 Å². The Labute approximate surface area is 188 Å². The van der Waals surface area contributed by atoms with Gasteiger partial charge in [-0.2, -0.15) is 0 Å². The number of para-hydroxylation sites is 2. The molecule has 0 aromatic heterocycles. The maximum atomic E-state index is 10.9. The number of methoxy groups -OCH3 is 2. The van der Waals surface area contributed by atoms with Crippen molar-refractivity contribution in [3.05, 3.63) is 83.4 Å². The summed E-state index contributed by atoms with van der Waals surface area (Å²) in [5.41, 5.74) is 3.60. The number of hydrogen-bond acceptors (Lipinski definition) is 6. The normalized spacial score (nSPS) is 18.0. The Kier molecular flexibility index (Phi) is 6.61. The first-order chi connectivity index (χ1) is 15.6. The largest absolute Gasteiger partial charge is 0.504 e. The Morgan fingerprint density at radius 3 is 2.47 bits per heavy atom. The van der Waals surface area contributed by atoms with Crippen molar-refractivity contribution in [2.24, 2.45) is 4.99 Å². The predicted octanol–water partition coefficient (Wildman–Crippen LogP) is 5.03. The molecule has 3 aromatic carbocycles. The summed E-state index contributed by atoms with van der Waals surface area (Å²) >= 11 is 0. The second kappa shape index (κ2) is 9.75. The highest BCUT2D eigenvalue weighted by Crippen LogP contribution is 2.40. The van der Waals surface area contributed by atoms with E-state index < -0.39 is 0 Å². The summed E-state index contributed by atoms with van der Waals surface area (Å²) in [6.07, 6.45) is 0.253. The molecule has 1 aliphatic heterocycles. The molecule has 2 atom stereocenters. The standard InChI is InChI=1S/C26H28N2O4/c1-4-32-24-14-8-12-19(25(24)29)22-16-21(17-9-7-10-18(15-17)30-2)27-26(28-22)20-11-5-6-13-23(20)31-3/h5-15,22,26,28-29H,4,16H2,1-3H3/t22-,26+/m1/s1. The minimum Gasteiger partial charge on any atom is -0.504 e. The lowest BCUT2D eigenvalue weighted by Crippen LogP contribution is -2.33. The Bertz CT molecular complexity index is 1110. The molecule has 0 bridgehead atoms. The Morgan fingerprint density at radius 1 is 0.938 bits per heavy atom.